The third-order valence-electron chi connectivity index (χ3n) is 6.27. The highest BCUT2D eigenvalue weighted by atomic mass is 16.5. The first kappa shape index (κ1) is 20.1. The number of carbonyl (C=O) groups excluding carboxylic acids is 2. The summed E-state index contributed by atoms with van der Waals surface area (Å²) < 4.78 is 5.82. The summed E-state index contributed by atoms with van der Waals surface area (Å²) in [4.78, 5) is 38.4. The largest absolute Gasteiger partial charge is 0.473 e. The molecule has 0 radical (unpaired) electrons. The van der Waals surface area contributed by atoms with E-state index >= 15 is 0 Å². The van der Waals surface area contributed by atoms with Gasteiger partial charge in [0.2, 0.25) is 11.8 Å². The van der Waals surface area contributed by atoms with E-state index in [2.05, 4.69) is 19.8 Å². The van der Waals surface area contributed by atoms with Crippen molar-refractivity contribution in [1.29, 1.82) is 0 Å². The summed E-state index contributed by atoms with van der Waals surface area (Å²) in [6, 6.07) is 0. The maximum atomic E-state index is 11.7. The quantitative estimate of drug-likeness (QED) is 0.644. The van der Waals surface area contributed by atoms with Crippen LogP contribution in [-0.4, -0.2) is 77.5 Å². The van der Waals surface area contributed by atoms with E-state index in [0.717, 1.165) is 37.9 Å². The highest BCUT2D eigenvalue weighted by Crippen LogP contribution is 2.27. The van der Waals surface area contributed by atoms with Gasteiger partial charge in [-0.1, -0.05) is 19.3 Å². The summed E-state index contributed by atoms with van der Waals surface area (Å²) in [5.41, 5.74) is 0. The summed E-state index contributed by atoms with van der Waals surface area (Å²) in [6.07, 6.45) is 10.9. The number of likely N-dealkylation sites (tertiary alicyclic amines) is 1. The van der Waals surface area contributed by atoms with E-state index in [1.807, 2.05) is 0 Å². The predicted octanol–water partition coefficient (Wildman–Crippen LogP) is 1.71. The molecule has 0 atom stereocenters. The van der Waals surface area contributed by atoms with Crippen LogP contribution in [-0.2, 0) is 9.59 Å². The molecule has 1 aromatic rings. The Balaban J connectivity index is 1.28. The Bertz CT molecular complexity index is 698. The highest BCUT2D eigenvalue weighted by Gasteiger charge is 2.29. The van der Waals surface area contributed by atoms with E-state index in [1.54, 1.807) is 12.4 Å². The SMILES string of the molecule is O=C1CCC(=O)N1CCOc1nccnc1N1CCN(CC2CCCCC2)CC1. The monoisotopic (exact) mass is 401 g/mol. The summed E-state index contributed by atoms with van der Waals surface area (Å²) in [6.45, 7) is 5.60. The normalized spacial score (nSPS) is 21.8. The van der Waals surface area contributed by atoms with Gasteiger partial charge in [0.15, 0.2) is 5.82 Å². The number of ether oxygens (including phenoxy) is 1. The van der Waals surface area contributed by atoms with Crippen LogP contribution < -0.4 is 9.64 Å². The van der Waals surface area contributed by atoms with Gasteiger partial charge in [0.05, 0.1) is 6.54 Å². The van der Waals surface area contributed by atoms with Crippen LogP contribution >= 0.6 is 0 Å². The molecule has 2 amide bonds. The molecule has 1 saturated carbocycles. The third kappa shape index (κ3) is 5.04. The zero-order valence-corrected chi connectivity index (χ0v) is 17.1. The average Bonchev–Trinajstić information content (AvgIpc) is 3.08. The zero-order valence-electron chi connectivity index (χ0n) is 17.1. The zero-order chi connectivity index (χ0) is 20.1. The van der Waals surface area contributed by atoms with Crippen molar-refractivity contribution in [3.8, 4) is 5.88 Å². The fourth-order valence-corrected chi connectivity index (χ4v) is 4.62. The second kappa shape index (κ2) is 9.52. The van der Waals surface area contributed by atoms with Gasteiger partial charge in [0, 0.05) is 58.0 Å². The molecule has 8 heteroatoms. The Kier molecular flexibility index (Phi) is 6.59. The predicted molar refractivity (Wildman–Crippen MR) is 109 cm³/mol. The van der Waals surface area contributed by atoms with E-state index in [-0.39, 0.29) is 25.0 Å². The maximum Gasteiger partial charge on any atom is 0.257 e. The minimum atomic E-state index is -0.118. The smallest absolute Gasteiger partial charge is 0.257 e. The topological polar surface area (TPSA) is 78.9 Å². The summed E-state index contributed by atoms with van der Waals surface area (Å²) in [5, 5.41) is 0. The van der Waals surface area contributed by atoms with E-state index in [9.17, 15) is 9.59 Å². The number of rotatable bonds is 7. The fraction of sp³-hybridized carbons (Fsp3) is 0.714. The number of nitrogens with zero attached hydrogens (tertiary/aromatic N) is 5. The highest BCUT2D eigenvalue weighted by molar-refractivity contribution is 6.01. The van der Waals surface area contributed by atoms with Gasteiger partial charge in [0.25, 0.3) is 5.88 Å². The lowest BCUT2D eigenvalue weighted by Gasteiger charge is -2.37. The molecule has 2 saturated heterocycles. The number of hydrogen-bond donors (Lipinski definition) is 0. The van der Waals surface area contributed by atoms with E-state index in [4.69, 9.17) is 4.74 Å². The minimum absolute atomic E-state index is 0.118. The van der Waals surface area contributed by atoms with Crippen molar-refractivity contribution in [2.75, 3.05) is 50.8 Å². The number of hydrogen-bond acceptors (Lipinski definition) is 7. The van der Waals surface area contributed by atoms with Crippen molar-refractivity contribution in [1.82, 2.24) is 19.8 Å². The van der Waals surface area contributed by atoms with Gasteiger partial charge in [-0.3, -0.25) is 19.4 Å². The lowest BCUT2D eigenvalue weighted by atomic mass is 9.89. The molecule has 0 N–H and O–H groups in total. The van der Waals surface area contributed by atoms with Crippen molar-refractivity contribution >= 4 is 17.6 Å². The van der Waals surface area contributed by atoms with Crippen molar-refractivity contribution < 1.29 is 14.3 Å². The van der Waals surface area contributed by atoms with E-state index in [0.29, 0.717) is 18.7 Å². The second-order valence-corrected chi connectivity index (χ2v) is 8.26. The number of aromatic nitrogens is 2. The fourth-order valence-electron chi connectivity index (χ4n) is 4.62. The van der Waals surface area contributed by atoms with Crippen molar-refractivity contribution in [3.05, 3.63) is 12.4 Å². The molecule has 158 valence electrons. The number of anilines is 1. The Hall–Kier alpha value is -2.22. The van der Waals surface area contributed by atoms with Crippen molar-refractivity contribution in [3.63, 3.8) is 0 Å². The lowest BCUT2D eigenvalue weighted by molar-refractivity contribution is -0.138. The van der Waals surface area contributed by atoms with Gasteiger partial charge in [0.1, 0.15) is 6.61 Å². The molecule has 4 rings (SSSR count). The maximum absolute atomic E-state index is 11.7. The molecule has 2 aliphatic heterocycles. The molecule has 29 heavy (non-hydrogen) atoms. The first-order valence-electron chi connectivity index (χ1n) is 10.9. The van der Waals surface area contributed by atoms with Crippen LogP contribution in [0.5, 0.6) is 5.88 Å². The molecule has 0 bridgehead atoms. The van der Waals surface area contributed by atoms with Crippen LogP contribution in [0, 0.1) is 5.92 Å². The minimum Gasteiger partial charge on any atom is -0.473 e. The van der Waals surface area contributed by atoms with Gasteiger partial charge in [-0.2, -0.15) is 0 Å². The van der Waals surface area contributed by atoms with Crippen molar-refractivity contribution in [2.45, 2.75) is 44.9 Å². The van der Waals surface area contributed by atoms with E-state index in [1.165, 1.54) is 43.5 Å². The molecule has 0 spiro atoms. The standard InChI is InChI=1S/C21H31N5O3/c27-18-6-7-19(28)26(18)14-15-29-21-20(22-8-9-23-21)25-12-10-24(11-13-25)16-17-4-2-1-3-5-17/h8-9,17H,1-7,10-16H2. The molecule has 0 unspecified atom stereocenters. The van der Waals surface area contributed by atoms with Gasteiger partial charge < -0.3 is 9.64 Å². The van der Waals surface area contributed by atoms with Crippen LogP contribution in [0.2, 0.25) is 0 Å². The Labute approximate surface area is 172 Å². The van der Waals surface area contributed by atoms with Gasteiger partial charge in [-0.15, -0.1) is 0 Å². The number of piperazine rings is 1. The third-order valence-corrected chi connectivity index (χ3v) is 6.27. The summed E-state index contributed by atoms with van der Waals surface area (Å²) in [7, 11) is 0. The van der Waals surface area contributed by atoms with Crippen LogP contribution in [0.25, 0.3) is 0 Å². The average molecular weight is 402 g/mol. The number of amides is 2. The molecule has 8 nitrogen and oxygen atoms in total. The molecule has 3 heterocycles. The molecular weight excluding hydrogens is 370 g/mol. The first-order chi connectivity index (χ1) is 14.2. The molecule has 0 aromatic carbocycles. The van der Waals surface area contributed by atoms with Crippen LogP contribution in [0.15, 0.2) is 12.4 Å². The molecule has 3 fully saturated rings. The number of carbonyl (C=O) groups is 2. The Morgan fingerprint density at radius 1 is 0.931 bits per heavy atom. The van der Waals surface area contributed by atoms with Crippen molar-refractivity contribution in [2.24, 2.45) is 5.92 Å². The second-order valence-electron chi connectivity index (χ2n) is 8.26. The van der Waals surface area contributed by atoms with Gasteiger partial charge >= 0.3 is 0 Å². The molecular formula is C21H31N5O3. The van der Waals surface area contributed by atoms with Crippen LogP contribution in [0.4, 0.5) is 5.82 Å². The molecule has 3 aliphatic rings. The Morgan fingerprint density at radius 2 is 1.62 bits per heavy atom. The van der Waals surface area contributed by atoms with Gasteiger partial charge in [-0.05, 0) is 18.8 Å². The van der Waals surface area contributed by atoms with Crippen LogP contribution in [0.1, 0.15) is 44.9 Å². The van der Waals surface area contributed by atoms with E-state index < -0.39 is 0 Å². The first-order valence-corrected chi connectivity index (χ1v) is 10.9. The van der Waals surface area contributed by atoms with Crippen LogP contribution in [0.3, 0.4) is 0 Å². The molecule has 1 aromatic heterocycles. The summed E-state index contributed by atoms with van der Waals surface area (Å²) >= 11 is 0. The van der Waals surface area contributed by atoms with Gasteiger partial charge in [-0.25, -0.2) is 9.97 Å². The molecule has 1 aliphatic carbocycles. The summed E-state index contributed by atoms with van der Waals surface area (Å²) in [5.74, 6) is 1.86. The number of imide groups is 1. The lowest BCUT2D eigenvalue weighted by Crippen LogP contribution is -2.48. The Morgan fingerprint density at radius 3 is 2.34 bits per heavy atom.